The Balaban J connectivity index is 1.52. The standard InChI is InChI=1S/C30H39ClN4O6/c31-20-21-9-11-23(12-10-21)34-28(40)22(7-5-17-33-29(32)41)19-25(37)30(15-6-16-30)24(36)8-3-1-2-4-18-35-26(38)13-14-27(35)39/h9-14,22H,1-8,15-20H2,(H,34,40)(H3,32,33,41)/t22-/m1/s1. The molecule has 3 rings (SSSR count). The van der Waals surface area contributed by atoms with E-state index in [9.17, 15) is 28.8 Å². The van der Waals surface area contributed by atoms with Crippen molar-refractivity contribution in [3.8, 4) is 0 Å². The molecule has 0 aromatic heterocycles. The van der Waals surface area contributed by atoms with Crippen LogP contribution in [0.5, 0.6) is 0 Å². The number of Topliss-reactive ketones (excluding diaryl/α,β-unsaturated/α-hetero) is 2. The second-order valence-electron chi connectivity index (χ2n) is 10.8. The second kappa shape index (κ2) is 15.5. The number of imide groups is 1. The maximum Gasteiger partial charge on any atom is 0.312 e. The third-order valence-corrected chi connectivity index (χ3v) is 8.23. The minimum Gasteiger partial charge on any atom is -0.352 e. The lowest BCUT2D eigenvalue weighted by Crippen LogP contribution is -2.46. The van der Waals surface area contributed by atoms with E-state index in [0.717, 1.165) is 24.8 Å². The van der Waals surface area contributed by atoms with Gasteiger partial charge in [0, 0.05) is 55.6 Å². The van der Waals surface area contributed by atoms with Gasteiger partial charge in [-0.1, -0.05) is 31.4 Å². The van der Waals surface area contributed by atoms with Crippen molar-refractivity contribution in [2.75, 3.05) is 18.4 Å². The lowest BCUT2D eigenvalue weighted by atomic mass is 9.61. The zero-order valence-corrected chi connectivity index (χ0v) is 24.0. The average Bonchev–Trinajstić information content (AvgIpc) is 3.24. The summed E-state index contributed by atoms with van der Waals surface area (Å²) in [7, 11) is 0. The van der Waals surface area contributed by atoms with Crippen LogP contribution in [0.1, 0.15) is 76.2 Å². The number of anilines is 1. The van der Waals surface area contributed by atoms with Crippen molar-refractivity contribution in [1.29, 1.82) is 0 Å². The van der Waals surface area contributed by atoms with Gasteiger partial charge in [-0.05, 0) is 56.2 Å². The maximum atomic E-state index is 13.5. The van der Waals surface area contributed by atoms with Crippen molar-refractivity contribution < 1.29 is 28.8 Å². The van der Waals surface area contributed by atoms with Crippen LogP contribution >= 0.6 is 11.6 Å². The summed E-state index contributed by atoms with van der Waals surface area (Å²) < 4.78 is 0. The molecule has 0 radical (unpaired) electrons. The molecule has 41 heavy (non-hydrogen) atoms. The van der Waals surface area contributed by atoms with Gasteiger partial charge in [0.2, 0.25) is 5.91 Å². The number of ketones is 2. The minimum absolute atomic E-state index is 0.0557. The fourth-order valence-electron chi connectivity index (χ4n) is 5.27. The SMILES string of the molecule is NC(=O)NCCC[C@H](CC(=O)C1(C(=O)CCCCCCN2C(=O)C=CC2=O)CCC1)C(=O)Nc1ccc(CCl)cc1. The predicted molar refractivity (Wildman–Crippen MR) is 155 cm³/mol. The van der Waals surface area contributed by atoms with E-state index >= 15 is 0 Å². The summed E-state index contributed by atoms with van der Waals surface area (Å²) in [5.74, 6) is -1.50. The largest absolute Gasteiger partial charge is 0.352 e. The molecule has 0 spiro atoms. The summed E-state index contributed by atoms with van der Waals surface area (Å²) in [6, 6.07) is 6.46. The number of halogens is 1. The Labute approximate surface area is 245 Å². The summed E-state index contributed by atoms with van der Waals surface area (Å²) in [5.41, 5.74) is 5.59. The van der Waals surface area contributed by atoms with Crippen LogP contribution in [0.2, 0.25) is 0 Å². The highest BCUT2D eigenvalue weighted by Crippen LogP contribution is 2.45. The van der Waals surface area contributed by atoms with Crippen LogP contribution in [0.4, 0.5) is 10.5 Å². The molecular formula is C30H39ClN4O6. The fraction of sp³-hybridized carbons (Fsp3) is 0.533. The van der Waals surface area contributed by atoms with Crippen LogP contribution in [0.25, 0.3) is 0 Å². The molecule has 10 nitrogen and oxygen atoms in total. The fourth-order valence-corrected chi connectivity index (χ4v) is 5.45. The molecule has 1 aromatic carbocycles. The Morgan fingerprint density at radius 2 is 1.59 bits per heavy atom. The van der Waals surface area contributed by atoms with Gasteiger partial charge in [-0.15, -0.1) is 11.6 Å². The van der Waals surface area contributed by atoms with Crippen LogP contribution in [0.3, 0.4) is 0 Å². The highest BCUT2D eigenvalue weighted by Gasteiger charge is 2.49. The predicted octanol–water partition coefficient (Wildman–Crippen LogP) is 4.00. The molecule has 0 saturated heterocycles. The molecule has 1 aliphatic carbocycles. The van der Waals surface area contributed by atoms with Crippen LogP contribution in [-0.2, 0) is 29.9 Å². The highest BCUT2D eigenvalue weighted by molar-refractivity contribution is 6.17. The van der Waals surface area contributed by atoms with Crippen molar-refractivity contribution in [3.05, 3.63) is 42.0 Å². The molecule has 0 unspecified atom stereocenters. The van der Waals surface area contributed by atoms with Gasteiger partial charge in [-0.2, -0.15) is 0 Å². The lowest BCUT2D eigenvalue weighted by Gasteiger charge is -2.39. The lowest BCUT2D eigenvalue weighted by molar-refractivity contribution is -0.148. The first-order valence-corrected chi connectivity index (χ1v) is 14.8. The summed E-state index contributed by atoms with van der Waals surface area (Å²) in [6.45, 7) is 0.634. The van der Waals surface area contributed by atoms with Crippen molar-refractivity contribution in [2.45, 2.75) is 76.5 Å². The number of nitrogens with two attached hydrogens (primary N) is 1. The van der Waals surface area contributed by atoms with E-state index in [4.69, 9.17) is 17.3 Å². The molecule has 1 aromatic rings. The third kappa shape index (κ3) is 8.98. The number of hydrogen-bond donors (Lipinski definition) is 3. The first-order valence-electron chi connectivity index (χ1n) is 14.3. The normalized spacial score (nSPS) is 16.3. The molecular weight excluding hydrogens is 548 g/mol. The number of benzene rings is 1. The summed E-state index contributed by atoms with van der Waals surface area (Å²) in [5, 5.41) is 5.36. The quantitative estimate of drug-likeness (QED) is 0.102. The van der Waals surface area contributed by atoms with Gasteiger partial charge < -0.3 is 16.4 Å². The molecule has 1 saturated carbocycles. The van der Waals surface area contributed by atoms with Crippen molar-refractivity contribution in [1.82, 2.24) is 10.2 Å². The van der Waals surface area contributed by atoms with E-state index in [1.54, 1.807) is 12.1 Å². The topological polar surface area (TPSA) is 156 Å². The summed E-state index contributed by atoms with van der Waals surface area (Å²) in [4.78, 5) is 75.5. The number of nitrogens with one attached hydrogen (secondary N) is 2. The van der Waals surface area contributed by atoms with Gasteiger partial charge >= 0.3 is 6.03 Å². The third-order valence-electron chi connectivity index (χ3n) is 7.92. The average molecular weight is 587 g/mol. The van der Waals surface area contributed by atoms with Gasteiger partial charge in [-0.25, -0.2) is 4.79 Å². The smallest absolute Gasteiger partial charge is 0.312 e. The van der Waals surface area contributed by atoms with E-state index in [1.165, 1.54) is 17.1 Å². The van der Waals surface area contributed by atoms with Crippen LogP contribution in [-0.4, -0.2) is 53.3 Å². The van der Waals surface area contributed by atoms with Crippen molar-refractivity contribution in [2.24, 2.45) is 17.1 Å². The van der Waals surface area contributed by atoms with Crippen molar-refractivity contribution >= 4 is 52.6 Å². The Morgan fingerprint density at radius 3 is 2.17 bits per heavy atom. The van der Waals surface area contributed by atoms with E-state index in [2.05, 4.69) is 10.6 Å². The van der Waals surface area contributed by atoms with Crippen LogP contribution in [0.15, 0.2) is 36.4 Å². The maximum absolute atomic E-state index is 13.5. The molecule has 4 N–H and O–H groups in total. The number of primary amides is 1. The Morgan fingerprint density at radius 1 is 0.927 bits per heavy atom. The molecule has 1 heterocycles. The molecule has 11 heteroatoms. The molecule has 1 atom stereocenters. The Hall–Kier alpha value is -3.53. The molecule has 1 aliphatic heterocycles. The monoisotopic (exact) mass is 586 g/mol. The van der Waals surface area contributed by atoms with Gasteiger partial charge in [0.05, 0.1) is 5.41 Å². The number of carbonyl (C=O) groups is 6. The molecule has 5 amide bonds. The van der Waals surface area contributed by atoms with Gasteiger partial charge in [0.1, 0.15) is 11.6 Å². The first kappa shape index (κ1) is 32.0. The van der Waals surface area contributed by atoms with Crippen molar-refractivity contribution in [3.63, 3.8) is 0 Å². The van der Waals surface area contributed by atoms with Crippen LogP contribution in [0, 0.1) is 11.3 Å². The summed E-state index contributed by atoms with van der Waals surface area (Å²) >= 11 is 5.84. The first-order chi connectivity index (χ1) is 19.7. The van der Waals surface area contributed by atoms with Gasteiger partial charge in [0.15, 0.2) is 0 Å². The van der Waals surface area contributed by atoms with E-state index < -0.39 is 17.4 Å². The molecule has 1 fully saturated rings. The zero-order chi connectivity index (χ0) is 29.8. The number of urea groups is 1. The number of rotatable bonds is 18. The van der Waals surface area contributed by atoms with Gasteiger partial charge in [0.25, 0.3) is 11.8 Å². The molecule has 0 bridgehead atoms. The van der Waals surface area contributed by atoms with E-state index in [0.29, 0.717) is 56.6 Å². The number of carbonyl (C=O) groups excluding carboxylic acids is 6. The number of alkyl halides is 1. The van der Waals surface area contributed by atoms with E-state index in [-0.39, 0.29) is 48.7 Å². The van der Waals surface area contributed by atoms with E-state index in [1.807, 2.05) is 12.1 Å². The highest BCUT2D eigenvalue weighted by atomic mass is 35.5. The molecule has 2 aliphatic rings. The zero-order valence-electron chi connectivity index (χ0n) is 23.3. The molecule has 222 valence electrons. The van der Waals surface area contributed by atoms with Crippen LogP contribution < -0.4 is 16.4 Å². The number of amides is 5. The Bertz CT molecular complexity index is 1140. The second-order valence-corrected chi connectivity index (χ2v) is 11.0. The summed E-state index contributed by atoms with van der Waals surface area (Å²) in [6.07, 6.45) is 8.12. The van der Waals surface area contributed by atoms with Gasteiger partial charge in [-0.3, -0.25) is 28.9 Å². The number of unbranched alkanes of at least 4 members (excludes halogenated alkanes) is 3. The minimum atomic E-state index is -1.04. The Kier molecular flexibility index (Phi) is 12.1. The number of nitrogens with zero attached hydrogens (tertiary/aromatic N) is 1. The number of hydrogen-bond acceptors (Lipinski definition) is 6.